The van der Waals surface area contributed by atoms with Crippen LogP contribution in [0.3, 0.4) is 0 Å². The summed E-state index contributed by atoms with van der Waals surface area (Å²) in [6.45, 7) is 6.12. The normalized spacial score (nSPS) is 16.7. The van der Waals surface area contributed by atoms with E-state index < -0.39 is 0 Å². The molecule has 18 heavy (non-hydrogen) atoms. The zero-order chi connectivity index (χ0) is 13.2. The molecule has 1 fully saturated rings. The zero-order valence-corrected chi connectivity index (χ0v) is 11.6. The third kappa shape index (κ3) is 2.78. The van der Waals surface area contributed by atoms with Crippen molar-refractivity contribution in [1.29, 1.82) is 0 Å². The number of hydrogen-bond donors (Lipinski definition) is 2. The van der Waals surface area contributed by atoms with Crippen molar-refractivity contribution in [1.82, 2.24) is 0 Å². The lowest BCUT2D eigenvalue weighted by Crippen LogP contribution is -2.24. The minimum atomic E-state index is 0.332. The second kappa shape index (κ2) is 5.19. The molecule has 0 aromatic heterocycles. The molecule has 0 amide bonds. The monoisotopic (exact) mass is 248 g/mol. The lowest BCUT2D eigenvalue weighted by atomic mass is 10.0. The summed E-state index contributed by atoms with van der Waals surface area (Å²) < 4.78 is 5.41. The van der Waals surface area contributed by atoms with Crippen molar-refractivity contribution in [2.45, 2.75) is 32.6 Å². The summed E-state index contributed by atoms with van der Waals surface area (Å²) in [5, 5.41) is 3.51. The van der Waals surface area contributed by atoms with Gasteiger partial charge in [0.15, 0.2) is 0 Å². The molecule has 2 rings (SSSR count). The fraction of sp³-hybridized carbons (Fsp3) is 0.600. The van der Waals surface area contributed by atoms with Crippen molar-refractivity contribution in [2.24, 2.45) is 11.1 Å². The van der Waals surface area contributed by atoms with Gasteiger partial charge in [-0.15, -0.1) is 0 Å². The first-order valence-electron chi connectivity index (χ1n) is 6.72. The van der Waals surface area contributed by atoms with Crippen molar-refractivity contribution >= 4 is 5.69 Å². The van der Waals surface area contributed by atoms with Gasteiger partial charge < -0.3 is 15.8 Å². The highest BCUT2D eigenvalue weighted by atomic mass is 16.5. The molecule has 0 spiro atoms. The highest BCUT2D eigenvalue weighted by Crippen LogP contribution is 2.44. The number of hydrogen-bond acceptors (Lipinski definition) is 3. The first-order valence-corrected chi connectivity index (χ1v) is 6.72. The van der Waals surface area contributed by atoms with Gasteiger partial charge in [0.1, 0.15) is 5.75 Å². The average molecular weight is 248 g/mol. The molecule has 0 atom stereocenters. The van der Waals surface area contributed by atoms with Crippen molar-refractivity contribution in [3.8, 4) is 5.75 Å². The molecule has 0 saturated heterocycles. The maximum atomic E-state index is 5.81. The summed E-state index contributed by atoms with van der Waals surface area (Å²) in [7, 11) is 1.71. The van der Waals surface area contributed by atoms with Crippen LogP contribution in [0.4, 0.5) is 5.69 Å². The number of ether oxygens (including phenoxy) is 1. The van der Waals surface area contributed by atoms with Crippen molar-refractivity contribution in [3.63, 3.8) is 0 Å². The maximum Gasteiger partial charge on any atom is 0.141 e. The SMILES string of the molecule is COc1ccc(C(C)C)cc1NCC1(CN)CC1. The van der Waals surface area contributed by atoms with Crippen molar-refractivity contribution in [2.75, 3.05) is 25.5 Å². The number of methoxy groups -OCH3 is 1. The van der Waals surface area contributed by atoms with E-state index in [4.69, 9.17) is 10.5 Å². The molecule has 1 saturated carbocycles. The quantitative estimate of drug-likeness (QED) is 0.813. The van der Waals surface area contributed by atoms with Crippen LogP contribution in [0.1, 0.15) is 38.2 Å². The van der Waals surface area contributed by atoms with E-state index in [-0.39, 0.29) is 0 Å². The van der Waals surface area contributed by atoms with E-state index in [0.29, 0.717) is 11.3 Å². The van der Waals surface area contributed by atoms with Gasteiger partial charge in [-0.25, -0.2) is 0 Å². The number of rotatable bonds is 6. The molecule has 3 heteroatoms. The lowest BCUT2D eigenvalue weighted by molar-refractivity contribution is 0.415. The predicted octanol–water partition coefficient (Wildman–Crippen LogP) is 2.97. The van der Waals surface area contributed by atoms with Crippen LogP contribution in [0.5, 0.6) is 5.75 Å². The van der Waals surface area contributed by atoms with Gasteiger partial charge in [0.25, 0.3) is 0 Å². The van der Waals surface area contributed by atoms with E-state index in [1.165, 1.54) is 18.4 Å². The van der Waals surface area contributed by atoms with Crippen LogP contribution in [0, 0.1) is 5.41 Å². The summed E-state index contributed by atoms with van der Waals surface area (Å²) in [5.41, 5.74) is 8.56. The fourth-order valence-corrected chi connectivity index (χ4v) is 2.14. The van der Waals surface area contributed by atoms with Crippen LogP contribution in [0.15, 0.2) is 18.2 Å². The van der Waals surface area contributed by atoms with Crippen LogP contribution in [0.25, 0.3) is 0 Å². The van der Waals surface area contributed by atoms with Crippen molar-refractivity contribution in [3.05, 3.63) is 23.8 Å². The molecule has 0 aliphatic heterocycles. The molecule has 0 radical (unpaired) electrons. The third-order valence-corrected chi connectivity index (χ3v) is 3.93. The van der Waals surface area contributed by atoms with Crippen LogP contribution in [-0.4, -0.2) is 20.2 Å². The summed E-state index contributed by atoms with van der Waals surface area (Å²) >= 11 is 0. The van der Waals surface area contributed by atoms with E-state index >= 15 is 0 Å². The average Bonchev–Trinajstić information content (AvgIpc) is 3.16. The summed E-state index contributed by atoms with van der Waals surface area (Å²) in [5.74, 6) is 1.44. The van der Waals surface area contributed by atoms with E-state index in [1.807, 2.05) is 6.07 Å². The zero-order valence-electron chi connectivity index (χ0n) is 11.6. The standard InChI is InChI=1S/C15H24N2O/c1-11(2)12-4-5-14(18-3)13(8-12)17-10-15(9-16)6-7-15/h4-5,8,11,17H,6-7,9-10,16H2,1-3H3. The van der Waals surface area contributed by atoms with Gasteiger partial charge in [-0.1, -0.05) is 19.9 Å². The Morgan fingerprint density at radius 1 is 1.39 bits per heavy atom. The third-order valence-electron chi connectivity index (χ3n) is 3.93. The molecule has 1 aromatic rings. The molecular weight excluding hydrogens is 224 g/mol. The molecule has 0 unspecified atom stereocenters. The molecular formula is C15H24N2O. The number of nitrogens with one attached hydrogen (secondary N) is 1. The molecule has 3 nitrogen and oxygen atoms in total. The summed E-state index contributed by atoms with van der Waals surface area (Å²) in [6.07, 6.45) is 2.48. The Hall–Kier alpha value is -1.22. The maximum absolute atomic E-state index is 5.81. The Bertz CT molecular complexity index is 411. The minimum absolute atomic E-state index is 0.332. The number of nitrogens with two attached hydrogens (primary N) is 1. The van der Waals surface area contributed by atoms with Gasteiger partial charge in [-0.2, -0.15) is 0 Å². The van der Waals surface area contributed by atoms with E-state index in [9.17, 15) is 0 Å². The van der Waals surface area contributed by atoms with Gasteiger partial charge in [0, 0.05) is 6.54 Å². The highest BCUT2D eigenvalue weighted by molar-refractivity contribution is 5.58. The first kappa shape index (κ1) is 13.2. The second-order valence-corrected chi connectivity index (χ2v) is 5.67. The topological polar surface area (TPSA) is 47.3 Å². The minimum Gasteiger partial charge on any atom is -0.495 e. The first-order chi connectivity index (χ1) is 8.60. The van der Waals surface area contributed by atoms with Gasteiger partial charge in [-0.3, -0.25) is 0 Å². The fourth-order valence-electron chi connectivity index (χ4n) is 2.14. The smallest absolute Gasteiger partial charge is 0.141 e. The second-order valence-electron chi connectivity index (χ2n) is 5.67. The number of anilines is 1. The molecule has 3 N–H and O–H groups in total. The molecule has 0 bridgehead atoms. The van der Waals surface area contributed by atoms with Gasteiger partial charge in [-0.05, 0) is 48.4 Å². The van der Waals surface area contributed by atoms with Gasteiger partial charge >= 0.3 is 0 Å². The Kier molecular flexibility index (Phi) is 3.81. The van der Waals surface area contributed by atoms with Crippen molar-refractivity contribution < 1.29 is 4.74 Å². The Balaban J connectivity index is 2.11. The van der Waals surface area contributed by atoms with Crippen LogP contribution >= 0.6 is 0 Å². The molecule has 1 aromatic carbocycles. The molecule has 1 aliphatic carbocycles. The summed E-state index contributed by atoms with van der Waals surface area (Å²) in [4.78, 5) is 0. The van der Waals surface area contributed by atoms with E-state index in [1.54, 1.807) is 7.11 Å². The predicted molar refractivity (Wildman–Crippen MR) is 76.3 cm³/mol. The van der Waals surface area contributed by atoms with E-state index in [2.05, 4.69) is 31.3 Å². The van der Waals surface area contributed by atoms with Crippen LogP contribution in [0.2, 0.25) is 0 Å². The molecule has 100 valence electrons. The largest absolute Gasteiger partial charge is 0.495 e. The summed E-state index contributed by atoms with van der Waals surface area (Å²) in [6, 6.07) is 6.36. The number of benzene rings is 1. The lowest BCUT2D eigenvalue weighted by Gasteiger charge is -2.18. The van der Waals surface area contributed by atoms with Crippen LogP contribution < -0.4 is 15.8 Å². The Labute approximate surface area is 110 Å². The van der Waals surface area contributed by atoms with Crippen LogP contribution in [-0.2, 0) is 0 Å². The molecule has 0 heterocycles. The molecule has 1 aliphatic rings. The van der Waals surface area contributed by atoms with Gasteiger partial charge in [0.05, 0.1) is 12.8 Å². The Morgan fingerprint density at radius 3 is 2.61 bits per heavy atom. The highest BCUT2D eigenvalue weighted by Gasteiger charge is 2.40. The van der Waals surface area contributed by atoms with Gasteiger partial charge in [0.2, 0.25) is 0 Å². The van der Waals surface area contributed by atoms with E-state index in [0.717, 1.165) is 24.5 Å². The Morgan fingerprint density at radius 2 is 2.11 bits per heavy atom.